The van der Waals surface area contributed by atoms with Crippen molar-refractivity contribution in [1.29, 1.82) is 0 Å². The summed E-state index contributed by atoms with van der Waals surface area (Å²) in [6.07, 6.45) is 0. The Morgan fingerprint density at radius 3 is 2.90 bits per heavy atom. The zero-order valence-corrected chi connectivity index (χ0v) is 12.3. The van der Waals surface area contributed by atoms with Gasteiger partial charge in [0.15, 0.2) is 0 Å². The molecule has 102 valence electrons. The van der Waals surface area contributed by atoms with Gasteiger partial charge in [0, 0.05) is 0 Å². The van der Waals surface area contributed by atoms with Gasteiger partial charge in [-0.1, -0.05) is 0 Å². The third-order valence-electron chi connectivity index (χ3n) is 2.52. The highest BCUT2D eigenvalue weighted by Gasteiger charge is 2.11. The first-order valence-corrected chi connectivity index (χ1v) is 7.19. The second kappa shape index (κ2) is 5.31. The first-order valence-electron chi connectivity index (χ1n) is 5.52. The molecule has 1 aromatic carbocycles. The van der Waals surface area contributed by atoms with Gasteiger partial charge in [-0.05, 0) is 45.6 Å². The van der Waals surface area contributed by atoms with Crippen LogP contribution in [0.1, 0.15) is 0 Å². The minimum Gasteiger partial charge on any atom is -0.438 e. The van der Waals surface area contributed by atoms with Crippen molar-refractivity contribution in [2.75, 3.05) is 5.43 Å². The molecule has 0 fully saturated rings. The van der Waals surface area contributed by atoms with E-state index in [0.29, 0.717) is 16.1 Å². The van der Waals surface area contributed by atoms with Crippen LogP contribution in [0.5, 0.6) is 11.6 Å². The Morgan fingerprint density at radius 1 is 1.30 bits per heavy atom. The number of rotatable bonds is 3. The summed E-state index contributed by atoms with van der Waals surface area (Å²) in [6, 6.07) is 6.23. The maximum atomic E-state index is 13.2. The number of thiophene rings is 1. The topological polar surface area (TPSA) is 73.1 Å². The molecule has 0 aliphatic carbocycles. The minimum absolute atomic E-state index is 0.260. The molecule has 3 rings (SSSR count). The Bertz CT molecular complexity index is 779. The van der Waals surface area contributed by atoms with E-state index in [4.69, 9.17) is 10.6 Å². The van der Waals surface area contributed by atoms with Crippen LogP contribution in [0.4, 0.5) is 10.3 Å². The number of anilines is 1. The lowest BCUT2D eigenvalue weighted by molar-refractivity contribution is 0.466. The molecule has 20 heavy (non-hydrogen) atoms. The molecular formula is C12H8BrFN4OS. The summed E-state index contributed by atoms with van der Waals surface area (Å²) in [5.74, 6) is 6.07. The third-order valence-corrected chi connectivity index (χ3v) is 3.94. The highest BCUT2D eigenvalue weighted by atomic mass is 79.9. The molecule has 2 aromatic heterocycles. The molecular weight excluding hydrogens is 347 g/mol. The number of fused-ring (bicyclic) bond motifs is 1. The van der Waals surface area contributed by atoms with E-state index in [-0.39, 0.29) is 11.8 Å². The molecule has 5 nitrogen and oxygen atoms in total. The maximum Gasteiger partial charge on any atom is 0.241 e. The lowest BCUT2D eigenvalue weighted by Crippen LogP contribution is -2.10. The summed E-state index contributed by atoms with van der Waals surface area (Å²) in [5, 5.41) is 2.65. The number of nitrogens with one attached hydrogen (secondary N) is 1. The number of aromatic nitrogens is 2. The van der Waals surface area contributed by atoms with Crippen LogP contribution in [-0.4, -0.2) is 9.97 Å². The van der Waals surface area contributed by atoms with Gasteiger partial charge in [0.25, 0.3) is 0 Å². The largest absolute Gasteiger partial charge is 0.438 e. The van der Waals surface area contributed by atoms with E-state index in [1.54, 1.807) is 0 Å². The zero-order valence-electron chi connectivity index (χ0n) is 9.93. The highest BCUT2D eigenvalue weighted by Crippen LogP contribution is 2.32. The van der Waals surface area contributed by atoms with E-state index in [1.807, 2.05) is 11.4 Å². The number of nitrogens with two attached hydrogens (primary N) is 1. The molecule has 0 amide bonds. The monoisotopic (exact) mass is 354 g/mol. The molecule has 3 aromatic rings. The minimum atomic E-state index is -0.356. The van der Waals surface area contributed by atoms with Gasteiger partial charge in [-0.15, -0.1) is 11.3 Å². The molecule has 0 aliphatic heterocycles. The number of hydrogen-bond donors (Lipinski definition) is 2. The van der Waals surface area contributed by atoms with Gasteiger partial charge in [0.1, 0.15) is 16.4 Å². The molecule has 0 aliphatic rings. The fourth-order valence-corrected chi connectivity index (χ4v) is 2.73. The van der Waals surface area contributed by atoms with Crippen LogP contribution in [0, 0.1) is 5.82 Å². The third kappa shape index (κ3) is 2.45. The molecule has 3 N–H and O–H groups in total. The number of benzene rings is 1. The van der Waals surface area contributed by atoms with Gasteiger partial charge >= 0.3 is 0 Å². The van der Waals surface area contributed by atoms with Crippen LogP contribution in [-0.2, 0) is 0 Å². The van der Waals surface area contributed by atoms with Crippen LogP contribution in [0.25, 0.3) is 10.2 Å². The summed E-state index contributed by atoms with van der Waals surface area (Å²) < 4.78 is 19.2. The normalized spacial score (nSPS) is 10.8. The first kappa shape index (κ1) is 13.2. The van der Waals surface area contributed by atoms with Gasteiger partial charge in [0.05, 0.1) is 9.86 Å². The van der Waals surface area contributed by atoms with E-state index in [0.717, 1.165) is 10.2 Å². The average Bonchev–Trinajstić information content (AvgIpc) is 2.91. The summed E-state index contributed by atoms with van der Waals surface area (Å²) in [5.41, 5.74) is 2.39. The van der Waals surface area contributed by atoms with Crippen LogP contribution < -0.4 is 16.0 Å². The molecule has 0 saturated carbocycles. The molecule has 2 heterocycles. The van der Waals surface area contributed by atoms with Crippen molar-refractivity contribution in [3.63, 3.8) is 0 Å². The SMILES string of the molecule is NNc1nc(Oc2ccc(F)c(Br)c2)c2ccsc2n1. The maximum absolute atomic E-state index is 13.2. The number of ether oxygens (including phenoxy) is 1. The van der Waals surface area contributed by atoms with Gasteiger partial charge in [-0.25, -0.2) is 15.2 Å². The molecule has 0 bridgehead atoms. The van der Waals surface area contributed by atoms with Crippen molar-refractivity contribution in [3.8, 4) is 11.6 Å². The Hall–Kier alpha value is -1.77. The number of nitrogens with zero attached hydrogens (tertiary/aromatic N) is 2. The quantitative estimate of drug-likeness (QED) is 0.554. The number of nitrogen functional groups attached to an aromatic ring is 1. The van der Waals surface area contributed by atoms with Gasteiger partial charge in [-0.3, -0.25) is 5.43 Å². The molecule has 0 radical (unpaired) electrons. The smallest absolute Gasteiger partial charge is 0.241 e. The molecule has 8 heteroatoms. The molecule has 0 saturated heterocycles. The van der Waals surface area contributed by atoms with Crippen molar-refractivity contribution in [3.05, 3.63) is 39.9 Å². The van der Waals surface area contributed by atoms with Crippen LogP contribution in [0.2, 0.25) is 0 Å². The Kier molecular flexibility index (Phi) is 3.51. The van der Waals surface area contributed by atoms with E-state index < -0.39 is 0 Å². The van der Waals surface area contributed by atoms with Crippen molar-refractivity contribution in [2.24, 2.45) is 5.84 Å². The Morgan fingerprint density at radius 2 is 2.15 bits per heavy atom. The highest BCUT2D eigenvalue weighted by molar-refractivity contribution is 9.10. The van der Waals surface area contributed by atoms with E-state index in [1.165, 1.54) is 29.5 Å². The zero-order chi connectivity index (χ0) is 14.1. The fourth-order valence-electron chi connectivity index (χ4n) is 1.62. The van der Waals surface area contributed by atoms with Crippen molar-refractivity contribution < 1.29 is 9.13 Å². The summed E-state index contributed by atoms with van der Waals surface area (Å²) in [6.45, 7) is 0. The number of hydrazine groups is 1. The molecule has 0 atom stereocenters. The van der Waals surface area contributed by atoms with Crippen molar-refractivity contribution >= 4 is 43.4 Å². The average molecular weight is 355 g/mol. The van der Waals surface area contributed by atoms with E-state index >= 15 is 0 Å². The second-order valence-electron chi connectivity index (χ2n) is 3.81. The van der Waals surface area contributed by atoms with Crippen LogP contribution in [0.3, 0.4) is 0 Å². The lowest BCUT2D eigenvalue weighted by atomic mass is 10.3. The fraction of sp³-hybridized carbons (Fsp3) is 0. The van der Waals surface area contributed by atoms with Crippen LogP contribution >= 0.6 is 27.3 Å². The van der Waals surface area contributed by atoms with Crippen molar-refractivity contribution in [2.45, 2.75) is 0 Å². The Balaban J connectivity index is 2.04. The molecule has 0 spiro atoms. The summed E-state index contributed by atoms with van der Waals surface area (Å²) in [4.78, 5) is 9.13. The predicted octanol–water partition coefficient (Wildman–Crippen LogP) is 3.67. The van der Waals surface area contributed by atoms with E-state index in [9.17, 15) is 4.39 Å². The van der Waals surface area contributed by atoms with Crippen LogP contribution in [0.15, 0.2) is 34.1 Å². The van der Waals surface area contributed by atoms with Gasteiger partial charge in [-0.2, -0.15) is 4.98 Å². The van der Waals surface area contributed by atoms with Crippen molar-refractivity contribution in [1.82, 2.24) is 9.97 Å². The van der Waals surface area contributed by atoms with Gasteiger partial charge < -0.3 is 4.74 Å². The first-order chi connectivity index (χ1) is 9.67. The summed E-state index contributed by atoms with van der Waals surface area (Å²) >= 11 is 4.56. The van der Waals surface area contributed by atoms with E-state index in [2.05, 4.69) is 31.3 Å². The van der Waals surface area contributed by atoms with Gasteiger partial charge in [0.2, 0.25) is 11.8 Å². The second-order valence-corrected chi connectivity index (χ2v) is 5.56. The number of hydrogen-bond acceptors (Lipinski definition) is 6. The number of halogens is 2. The Labute approximate surface area is 125 Å². The summed E-state index contributed by atoms with van der Waals surface area (Å²) in [7, 11) is 0. The lowest BCUT2D eigenvalue weighted by Gasteiger charge is -2.08. The predicted molar refractivity (Wildman–Crippen MR) is 79.4 cm³/mol. The molecule has 0 unspecified atom stereocenters. The standard InChI is InChI=1S/C12H8BrFN4OS/c13-8-5-6(1-2-9(8)14)19-10-7-3-4-20-11(7)17-12(16-10)18-15/h1-5H,15H2,(H,16,17,18).